The number of rotatable bonds is 4. The lowest BCUT2D eigenvalue weighted by Gasteiger charge is -2.13. The van der Waals surface area contributed by atoms with Crippen molar-refractivity contribution in [3.05, 3.63) is 70.8 Å². The first-order chi connectivity index (χ1) is 10.6. The van der Waals surface area contributed by atoms with Crippen LogP contribution in [0.2, 0.25) is 0 Å². The van der Waals surface area contributed by atoms with Crippen LogP contribution in [0.1, 0.15) is 35.3 Å². The first-order valence-corrected chi connectivity index (χ1v) is 7.56. The summed E-state index contributed by atoms with van der Waals surface area (Å²) < 4.78 is 11.2. The smallest absolute Gasteiger partial charge is 0.346 e. The van der Waals surface area contributed by atoms with Crippen molar-refractivity contribution in [2.24, 2.45) is 0 Å². The summed E-state index contributed by atoms with van der Waals surface area (Å²) in [5, 5.41) is 0. The van der Waals surface area contributed by atoms with Crippen molar-refractivity contribution in [1.82, 2.24) is 0 Å². The summed E-state index contributed by atoms with van der Waals surface area (Å²) in [7, 11) is 0. The van der Waals surface area contributed by atoms with Gasteiger partial charge in [-0.25, -0.2) is 4.79 Å². The van der Waals surface area contributed by atoms with E-state index in [0.29, 0.717) is 6.61 Å². The highest BCUT2D eigenvalue weighted by molar-refractivity contribution is 5.85. The third-order valence-corrected chi connectivity index (χ3v) is 4.05. The molecule has 2 aromatic carbocycles. The van der Waals surface area contributed by atoms with Crippen molar-refractivity contribution in [2.75, 3.05) is 6.61 Å². The van der Waals surface area contributed by atoms with Gasteiger partial charge in [0.1, 0.15) is 6.10 Å². The van der Waals surface area contributed by atoms with E-state index in [1.165, 1.54) is 5.56 Å². The SMILES string of the molecule is CCOC(=O)C1(c2ccc(C)cc2)OC1c1ccc(C)cc1. The topological polar surface area (TPSA) is 38.8 Å². The molecule has 3 heteroatoms. The summed E-state index contributed by atoms with van der Waals surface area (Å²) in [5.74, 6) is -0.315. The first kappa shape index (κ1) is 14.8. The summed E-state index contributed by atoms with van der Waals surface area (Å²) in [4.78, 5) is 12.5. The van der Waals surface area contributed by atoms with Crippen LogP contribution in [0.25, 0.3) is 0 Å². The Morgan fingerprint density at radius 3 is 2.14 bits per heavy atom. The third kappa shape index (κ3) is 2.42. The molecular weight excluding hydrogens is 276 g/mol. The van der Waals surface area contributed by atoms with Crippen molar-refractivity contribution in [1.29, 1.82) is 0 Å². The van der Waals surface area contributed by atoms with E-state index in [9.17, 15) is 4.79 Å². The van der Waals surface area contributed by atoms with E-state index in [1.54, 1.807) is 0 Å². The number of carbonyl (C=O) groups excluding carboxylic acids is 1. The first-order valence-electron chi connectivity index (χ1n) is 7.56. The van der Waals surface area contributed by atoms with Crippen molar-refractivity contribution in [3.8, 4) is 0 Å². The fourth-order valence-corrected chi connectivity index (χ4v) is 2.73. The zero-order valence-electron chi connectivity index (χ0n) is 13.1. The van der Waals surface area contributed by atoms with Crippen LogP contribution in [-0.4, -0.2) is 12.6 Å². The van der Waals surface area contributed by atoms with Crippen molar-refractivity contribution in [2.45, 2.75) is 32.5 Å². The minimum atomic E-state index is -1.00. The predicted octanol–water partition coefficient (Wildman–Crippen LogP) is 3.83. The van der Waals surface area contributed by atoms with Gasteiger partial charge in [-0.3, -0.25) is 0 Å². The Bertz CT molecular complexity index is 673. The highest BCUT2D eigenvalue weighted by Gasteiger charge is 2.65. The van der Waals surface area contributed by atoms with Gasteiger partial charge in [-0.05, 0) is 31.9 Å². The summed E-state index contributed by atoms with van der Waals surface area (Å²) >= 11 is 0. The molecule has 114 valence electrons. The molecule has 3 nitrogen and oxygen atoms in total. The highest BCUT2D eigenvalue weighted by atomic mass is 16.7. The minimum Gasteiger partial charge on any atom is -0.464 e. The second kappa shape index (κ2) is 5.58. The normalized spacial score (nSPS) is 23.1. The summed E-state index contributed by atoms with van der Waals surface area (Å²) in [5.41, 5.74) is 3.18. The van der Waals surface area contributed by atoms with Crippen molar-refractivity contribution in [3.63, 3.8) is 0 Å². The zero-order chi connectivity index (χ0) is 15.7. The molecule has 0 aromatic heterocycles. The molecule has 1 heterocycles. The highest BCUT2D eigenvalue weighted by Crippen LogP contribution is 2.57. The van der Waals surface area contributed by atoms with Crippen molar-refractivity contribution < 1.29 is 14.3 Å². The van der Waals surface area contributed by atoms with Crippen LogP contribution in [-0.2, 0) is 19.9 Å². The van der Waals surface area contributed by atoms with E-state index in [0.717, 1.165) is 16.7 Å². The average molecular weight is 296 g/mol. The molecule has 1 saturated heterocycles. The molecule has 1 fully saturated rings. The zero-order valence-corrected chi connectivity index (χ0v) is 13.1. The number of aryl methyl sites for hydroxylation is 2. The fraction of sp³-hybridized carbons (Fsp3) is 0.316. The summed E-state index contributed by atoms with van der Waals surface area (Å²) in [6, 6.07) is 15.9. The van der Waals surface area contributed by atoms with E-state index in [4.69, 9.17) is 9.47 Å². The molecule has 0 N–H and O–H groups in total. The van der Waals surface area contributed by atoms with Gasteiger partial charge in [-0.15, -0.1) is 0 Å². The number of carbonyl (C=O) groups is 1. The van der Waals surface area contributed by atoms with Gasteiger partial charge in [-0.2, -0.15) is 0 Å². The predicted molar refractivity (Wildman–Crippen MR) is 84.5 cm³/mol. The van der Waals surface area contributed by atoms with Crippen LogP contribution in [0.3, 0.4) is 0 Å². The second-order valence-electron chi connectivity index (χ2n) is 5.73. The average Bonchev–Trinajstić information content (AvgIpc) is 3.26. The van der Waals surface area contributed by atoms with Gasteiger partial charge in [0, 0.05) is 0 Å². The number of epoxide rings is 1. The minimum absolute atomic E-state index is 0.283. The number of benzene rings is 2. The van der Waals surface area contributed by atoms with Crippen LogP contribution in [0, 0.1) is 13.8 Å². The Balaban J connectivity index is 1.98. The molecule has 2 atom stereocenters. The van der Waals surface area contributed by atoms with Gasteiger partial charge >= 0.3 is 5.97 Å². The standard InChI is InChI=1S/C19H20O3/c1-4-21-18(20)19(16-11-7-14(3)8-12-16)17(22-19)15-9-5-13(2)6-10-15/h5-12,17H,4H2,1-3H3. The van der Waals surface area contributed by atoms with Crippen LogP contribution in [0.15, 0.2) is 48.5 Å². The van der Waals surface area contributed by atoms with E-state index < -0.39 is 5.60 Å². The van der Waals surface area contributed by atoms with E-state index in [2.05, 4.69) is 0 Å². The molecule has 0 bridgehead atoms. The molecule has 1 aliphatic heterocycles. The number of hydrogen-bond donors (Lipinski definition) is 0. The van der Waals surface area contributed by atoms with Gasteiger partial charge in [0.25, 0.3) is 0 Å². The Hall–Kier alpha value is -2.13. The van der Waals surface area contributed by atoms with Gasteiger partial charge in [0.15, 0.2) is 0 Å². The summed E-state index contributed by atoms with van der Waals surface area (Å²) in [6.45, 7) is 6.21. The van der Waals surface area contributed by atoms with Gasteiger partial charge in [0.05, 0.1) is 6.61 Å². The Morgan fingerprint density at radius 2 is 1.59 bits per heavy atom. The summed E-state index contributed by atoms with van der Waals surface area (Å²) in [6.07, 6.45) is -0.283. The molecule has 0 amide bonds. The van der Waals surface area contributed by atoms with Gasteiger partial charge in [-0.1, -0.05) is 59.7 Å². The van der Waals surface area contributed by atoms with Gasteiger partial charge in [0.2, 0.25) is 5.60 Å². The largest absolute Gasteiger partial charge is 0.464 e. The van der Waals surface area contributed by atoms with Gasteiger partial charge < -0.3 is 9.47 Å². The molecule has 0 radical (unpaired) electrons. The number of ether oxygens (including phenoxy) is 2. The quantitative estimate of drug-likeness (QED) is 0.635. The number of esters is 1. The van der Waals surface area contributed by atoms with Crippen LogP contribution in [0.5, 0.6) is 0 Å². The van der Waals surface area contributed by atoms with Crippen molar-refractivity contribution >= 4 is 5.97 Å². The lowest BCUT2D eigenvalue weighted by Crippen LogP contribution is -2.25. The van der Waals surface area contributed by atoms with E-state index >= 15 is 0 Å². The lowest BCUT2D eigenvalue weighted by molar-refractivity contribution is -0.150. The molecule has 0 saturated carbocycles. The Kier molecular flexibility index (Phi) is 3.75. The van der Waals surface area contributed by atoms with Crippen LogP contribution >= 0.6 is 0 Å². The van der Waals surface area contributed by atoms with E-state index in [1.807, 2.05) is 69.3 Å². The molecule has 0 aliphatic carbocycles. The molecule has 2 aromatic rings. The second-order valence-corrected chi connectivity index (χ2v) is 5.73. The molecular formula is C19H20O3. The third-order valence-electron chi connectivity index (χ3n) is 4.05. The molecule has 3 rings (SSSR count). The lowest BCUT2D eigenvalue weighted by atomic mass is 9.91. The number of hydrogen-bond acceptors (Lipinski definition) is 3. The molecule has 22 heavy (non-hydrogen) atoms. The van der Waals surface area contributed by atoms with Crippen LogP contribution < -0.4 is 0 Å². The fourth-order valence-electron chi connectivity index (χ4n) is 2.73. The molecule has 1 aliphatic rings. The molecule has 0 spiro atoms. The maximum atomic E-state index is 12.5. The molecule has 2 unspecified atom stereocenters. The Morgan fingerprint density at radius 1 is 1.05 bits per heavy atom. The maximum absolute atomic E-state index is 12.5. The Labute approximate surface area is 130 Å². The maximum Gasteiger partial charge on any atom is 0.346 e. The van der Waals surface area contributed by atoms with Crippen LogP contribution in [0.4, 0.5) is 0 Å². The monoisotopic (exact) mass is 296 g/mol. The van der Waals surface area contributed by atoms with E-state index in [-0.39, 0.29) is 12.1 Å².